The van der Waals surface area contributed by atoms with E-state index in [0.29, 0.717) is 18.9 Å². The SMILES string of the molecule is CCCCOC(=O)C1C[C@@H]1C(=O)c1nccn1C(c1ccccc1)(c1ccccc1)c1ccccc1. The number of Topliss-reactive ketones (excluding diaryl/α,β-unsaturated/α-hetero) is 1. The Morgan fingerprint density at radius 3 is 1.89 bits per heavy atom. The van der Waals surface area contributed by atoms with Crippen molar-refractivity contribution in [2.24, 2.45) is 11.8 Å². The Morgan fingerprint density at radius 1 is 0.861 bits per heavy atom. The minimum absolute atomic E-state index is 0.121. The molecule has 1 saturated carbocycles. The van der Waals surface area contributed by atoms with Crippen molar-refractivity contribution in [3.63, 3.8) is 0 Å². The number of carbonyl (C=O) groups is 2. The predicted octanol–water partition coefficient (Wildman–Crippen LogP) is 5.89. The summed E-state index contributed by atoms with van der Waals surface area (Å²) in [6.45, 7) is 2.45. The van der Waals surface area contributed by atoms with Crippen LogP contribution in [0.4, 0.5) is 0 Å². The molecule has 0 N–H and O–H groups in total. The van der Waals surface area contributed by atoms with Crippen LogP contribution in [-0.2, 0) is 15.1 Å². The standard InChI is InChI=1S/C31H30N2O3/c1-2-3-21-36-30(35)27-22-26(27)28(34)29-32-19-20-33(29)31(23-13-7-4-8-14-23,24-15-9-5-10-16-24)25-17-11-6-12-18-25/h4-20,26-27H,2-3,21-22H2,1H3/t26-,27?/m0/s1. The summed E-state index contributed by atoms with van der Waals surface area (Å²) in [5, 5.41) is 0. The number of hydrogen-bond donors (Lipinski definition) is 0. The fourth-order valence-corrected chi connectivity index (χ4v) is 5.05. The van der Waals surface area contributed by atoms with Crippen molar-refractivity contribution in [2.75, 3.05) is 6.61 Å². The Balaban J connectivity index is 1.61. The number of aromatic nitrogens is 2. The molecule has 1 fully saturated rings. The van der Waals surface area contributed by atoms with Gasteiger partial charge in [0.2, 0.25) is 5.78 Å². The second-order valence-corrected chi connectivity index (χ2v) is 9.26. The second kappa shape index (κ2) is 10.3. The molecule has 5 nitrogen and oxygen atoms in total. The van der Waals surface area contributed by atoms with E-state index in [2.05, 4.69) is 48.3 Å². The molecule has 5 rings (SSSR count). The molecule has 2 atom stereocenters. The van der Waals surface area contributed by atoms with Crippen LogP contribution in [0.25, 0.3) is 0 Å². The zero-order valence-corrected chi connectivity index (χ0v) is 20.4. The number of rotatable bonds is 10. The summed E-state index contributed by atoms with van der Waals surface area (Å²) in [4.78, 5) is 30.8. The number of hydrogen-bond acceptors (Lipinski definition) is 4. The number of benzene rings is 3. The molecule has 182 valence electrons. The smallest absolute Gasteiger partial charge is 0.309 e. The van der Waals surface area contributed by atoms with E-state index < -0.39 is 11.5 Å². The lowest BCUT2D eigenvalue weighted by atomic mass is 9.76. The van der Waals surface area contributed by atoms with Gasteiger partial charge in [0.25, 0.3) is 0 Å². The van der Waals surface area contributed by atoms with E-state index in [4.69, 9.17) is 4.74 Å². The summed E-state index contributed by atoms with van der Waals surface area (Å²) in [5.41, 5.74) is 2.22. The number of carbonyl (C=O) groups excluding carboxylic acids is 2. The molecule has 36 heavy (non-hydrogen) atoms. The third-order valence-electron chi connectivity index (χ3n) is 6.97. The van der Waals surface area contributed by atoms with Gasteiger partial charge in [-0.2, -0.15) is 0 Å². The fourth-order valence-electron chi connectivity index (χ4n) is 5.05. The van der Waals surface area contributed by atoms with Gasteiger partial charge >= 0.3 is 5.97 Å². The Morgan fingerprint density at radius 2 is 1.39 bits per heavy atom. The minimum atomic E-state index is -0.822. The molecule has 0 amide bonds. The van der Waals surface area contributed by atoms with Crippen LogP contribution in [-0.4, -0.2) is 27.9 Å². The van der Waals surface area contributed by atoms with Crippen molar-refractivity contribution in [3.8, 4) is 0 Å². The average molecular weight is 479 g/mol. The maximum absolute atomic E-state index is 13.8. The quantitative estimate of drug-likeness (QED) is 0.123. The zero-order valence-electron chi connectivity index (χ0n) is 20.4. The van der Waals surface area contributed by atoms with Gasteiger partial charge in [-0.1, -0.05) is 104 Å². The average Bonchev–Trinajstić information content (AvgIpc) is 3.60. The molecule has 0 aliphatic heterocycles. The van der Waals surface area contributed by atoms with Crippen molar-refractivity contribution in [2.45, 2.75) is 31.7 Å². The lowest BCUT2D eigenvalue weighted by Gasteiger charge is -2.38. The Kier molecular flexibility index (Phi) is 6.81. The van der Waals surface area contributed by atoms with E-state index in [1.54, 1.807) is 6.20 Å². The summed E-state index contributed by atoms with van der Waals surface area (Å²) >= 11 is 0. The van der Waals surface area contributed by atoms with Gasteiger partial charge in [-0.3, -0.25) is 9.59 Å². The van der Waals surface area contributed by atoms with Gasteiger partial charge < -0.3 is 9.30 Å². The maximum atomic E-state index is 13.8. The van der Waals surface area contributed by atoms with Crippen molar-refractivity contribution in [1.82, 2.24) is 9.55 Å². The number of esters is 1. The maximum Gasteiger partial charge on any atom is 0.309 e. The first kappa shape index (κ1) is 23.7. The largest absolute Gasteiger partial charge is 0.465 e. The van der Waals surface area contributed by atoms with E-state index in [0.717, 1.165) is 29.5 Å². The Hall–Kier alpha value is -3.99. The Bertz CT molecular complexity index is 1220. The van der Waals surface area contributed by atoms with Gasteiger partial charge in [-0.15, -0.1) is 0 Å². The van der Waals surface area contributed by atoms with E-state index in [-0.39, 0.29) is 17.7 Å². The molecule has 4 aromatic rings. The summed E-state index contributed by atoms with van der Waals surface area (Å²) in [6.07, 6.45) is 5.84. The predicted molar refractivity (Wildman–Crippen MR) is 139 cm³/mol. The first-order valence-electron chi connectivity index (χ1n) is 12.6. The van der Waals surface area contributed by atoms with Gasteiger partial charge in [0.05, 0.1) is 12.5 Å². The molecule has 0 saturated heterocycles. The van der Waals surface area contributed by atoms with Gasteiger partial charge in [0.1, 0.15) is 5.54 Å². The van der Waals surface area contributed by atoms with E-state index in [1.165, 1.54) is 0 Å². The van der Waals surface area contributed by atoms with Crippen molar-refractivity contribution >= 4 is 11.8 Å². The highest BCUT2D eigenvalue weighted by molar-refractivity contribution is 6.00. The van der Waals surface area contributed by atoms with Crippen LogP contribution in [0, 0.1) is 11.8 Å². The lowest BCUT2D eigenvalue weighted by Crippen LogP contribution is -2.39. The van der Waals surface area contributed by atoms with Crippen LogP contribution in [0.3, 0.4) is 0 Å². The van der Waals surface area contributed by atoms with Crippen LogP contribution in [0.1, 0.15) is 53.5 Å². The summed E-state index contributed by atoms with van der Waals surface area (Å²) in [6, 6.07) is 30.5. The minimum Gasteiger partial charge on any atom is -0.465 e. The molecule has 1 aliphatic carbocycles. The summed E-state index contributed by atoms with van der Waals surface area (Å²) in [5.74, 6) is -0.843. The monoisotopic (exact) mass is 478 g/mol. The van der Waals surface area contributed by atoms with Gasteiger partial charge in [-0.25, -0.2) is 4.98 Å². The second-order valence-electron chi connectivity index (χ2n) is 9.26. The van der Waals surface area contributed by atoms with Crippen molar-refractivity contribution in [3.05, 3.63) is 126 Å². The van der Waals surface area contributed by atoms with Gasteiger partial charge in [-0.05, 0) is 29.5 Å². The number of nitrogens with zero attached hydrogens (tertiary/aromatic N) is 2. The molecule has 3 aromatic carbocycles. The molecule has 1 aliphatic rings. The molecule has 1 aromatic heterocycles. The number of ether oxygens (including phenoxy) is 1. The molecule has 0 radical (unpaired) electrons. The van der Waals surface area contributed by atoms with Crippen LogP contribution in [0.2, 0.25) is 0 Å². The molecule has 0 spiro atoms. The highest BCUT2D eigenvalue weighted by Gasteiger charge is 2.51. The summed E-state index contributed by atoms with van der Waals surface area (Å²) < 4.78 is 7.37. The summed E-state index contributed by atoms with van der Waals surface area (Å²) in [7, 11) is 0. The normalized spacial score (nSPS) is 16.9. The van der Waals surface area contributed by atoms with Crippen molar-refractivity contribution < 1.29 is 14.3 Å². The van der Waals surface area contributed by atoms with Gasteiger partial charge in [0, 0.05) is 18.3 Å². The molecule has 0 bridgehead atoms. The molecule has 5 heteroatoms. The highest BCUT2D eigenvalue weighted by Crippen LogP contribution is 2.45. The first-order chi connectivity index (χ1) is 17.7. The third-order valence-corrected chi connectivity index (χ3v) is 6.97. The van der Waals surface area contributed by atoms with Crippen LogP contribution in [0.15, 0.2) is 103 Å². The first-order valence-corrected chi connectivity index (χ1v) is 12.6. The molecule has 1 heterocycles. The van der Waals surface area contributed by atoms with E-state index in [1.807, 2.05) is 65.4 Å². The number of imidazole rings is 1. The molecule has 1 unspecified atom stereocenters. The lowest BCUT2D eigenvalue weighted by molar-refractivity contribution is -0.145. The van der Waals surface area contributed by atoms with E-state index >= 15 is 0 Å². The molecular weight excluding hydrogens is 448 g/mol. The fraction of sp³-hybridized carbons (Fsp3) is 0.258. The van der Waals surface area contributed by atoms with Gasteiger partial charge in [0.15, 0.2) is 5.82 Å². The zero-order chi connectivity index (χ0) is 25.0. The number of unbranched alkanes of at least 4 members (excludes halogenated alkanes) is 1. The highest BCUT2D eigenvalue weighted by atomic mass is 16.5. The molecular formula is C31H30N2O3. The van der Waals surface area contributed by atoms with Crippen molar-refractivity contribution in [1.29, 1.82) is 0 Å². The Labute approximate surface area is 211 Å². The van der Waals surface area contributed by atoms with E-state index in [9.17, 15) is 9.59 Å². The third kappa shape index (κ3) is 4.26. The number of ketones is 1. The van der Waals surface area contributed by atoms with Crippen LogP contribution >= 0.6 is 0 Å². The van der Waals surface area contributed by atoms with Crippen LogP contribution < -0.4 is 0 Å². The topological polar surface area (TPSA) is 61.2 Å². The van der Waals surface area contributed by atoms with Crippen LogP contribution in [0.5, 0.6) is 0 Å².